The molecule has 126 valence electrons. The molecule has 1 aromatic rings. The third-order valence-electron chi connectivity index (χ3n) is 4.70. The number of anilines is 1. The summed E-state index contributed by atoms with van der Waals surface area (Å²) in [6.45, 7) is 3.67. The number of aliphatic carboxylic acids is 1. The largest absolute Gasteiger partial charge is 0.479 e. The predicted octanol–water partition coefficient (Wildman–Crippen LogP) is 1.39. The van der Waals surface area contributed by atoms with E-state index in [-0.39, 0.29) is 5.88 Å². The van der Waals surface area contributed by atoms with Crippen molar-refractivity contribution in [3.05, 3.63) is 12.1 Å². The van der Waals surface area contributed by atoms with Crippen LogP contribution in [0.15, 0.2) is 12.1 Å². The Morgan fingerprint density at radius 1 is 1.13 bits per heavy atom. The molecule has 0 spiro atoms. The molecule has 1 aromatic heterocycles. The first-order valence-electron chi connectivity index (χ1n) is 8.40. The molecule has 0 aromatic carbocycles. The Balaban J connectivity index is 1.50. The first-order valence-corrected chi connectivity index (χ1v) is 8.40. The van der Waals surface area contributed by atoms with E-state index in [0.29, 0.717) is 0 Å². The Morgan fingerprint density at radius 3 is 2.48 bits per heavy atom. The Bertz CT molecular complexity index is 509. The fraction of sp³-hybridized carbons (Fsp3) is 0.688. The van der Waals surface area contributed by atoms with Gasteiger partial charge in [-0.25, -0.2) is 4.79 Å². The van der Waals surface area contributed by atoms with Crippen LogP contribution in [0.25, 0.3) is 0 Å². The van der Waals surface area contributed by atoms with E-state index in [0.717, 1.165) is 38.0 Å². The summed E-state index contributed by atoms with van der Waals surface area (Å²) in [4.78, 5) is 15.3. The van der Waals surface area contributed by atoms with Gasteiger partial charge in [-0.2, -0.15) is 0 Å². The zero-order valence-electron chi connectivity index (χ0n) is 13.4. The van der Waals surface area contributed by atoms with Crippen LogP contribution in [0.4, 0.5) is 5.82 Å². The molecule has 3 rings (SSSR count). The van der Waals surface area contributed by atoms with Crippen LogP contribution in [-0.4, -0.2) is 65.0 Å². The van der Waals surface area contributed by atoms with Crippen molar-refractivity contribution < 1.29 is 14.6 Å². The van der Waals surface area contributed by atoms with E-state index in [1.165, 1.54) is 32.1 Å². The summed E-state index contributed by atoms with van der Waals surface area (Å²) >= 11 is 0. The van der Waals surface area contributed by atoms with Gasteiger partial charge in [-0.15, -0.1) is 10.2 Å². The molecule has 0 bridgehead atoms. The maximum Gasteiger partial charge on any atom is 0.341 e. The monoisotopic (exact) mass is 320 g/mol. The standard InChI is InChI=1S/C16H24N4O3/c21-16(22)12-23-15-7-6-14(17-18-15)20-10-8-19(9-11-20)13-4-2-1-3-5-13/h6-7,13H,1-5,8-12H2,(H,21,22). The molecule has 1 aliphatic carbocycles. The second-order valence-electron chi connectivity index (χ2n) is 6.23. The van der Waals surface area contributed by atoms with Crippen molar-refractivity contribution in [2.24, 2.45) is 0 Å². The topological polar surface area (TPSA) is 78.8 Å². The minimum absolute atomic E-state index is 0.247. The number of carboxylic acid groups (broad SMARTS) is 1. The minimum Gasteiger partial charge on any atom is -0.479 e. The van der Waals surface area contributed by atoms with Crippen LogP contribution in [0.5, 0.6) is 5.88 Å². The SMILES string of the molecule is O=C(O)COc1ccc(N2CCN(C3CCCCC3)CC2)nn1. The lowest BCUT2D eigenvalue weighted by atomic mass is 9.94. The zero-order valence-corrected chi connectivity index (χ0v) is 13.4. The van der Waals surface area contributed by atoms with E-state index in [2.05, 4.69) is 20.0 Å². The van der Waals surface area contributed by atoms with Crippen molar-refractivity contribution >= 4 is 11.8 Å². The average molecular weight is 320 g/mol. The summed E-state index contributed by atoms with van der Waals surface area (Å²) in [5.41, 5.74) is 0. The van der Waals surface area contributed by atoms with Gasteiger partial charge in [-0.3, -0.25) is 4.90 Å². The Hall–Kier alpha value is -1.89. The van der Waals surface area contributed by atoms with Crippen molar-refractivity contribution in [3.63, 3.8) is 0 Å². The molecule has 0 radical (unpaired) electrons. The molecule has 0 amide bonds. The van der Waals surface area contributed by atoms with Crippen molar-refractivity contribution in [2.75, 3.05) is 37.7 Å². The number of piperazine rings is 1. The van der Waals surface area contributed by atoms with Crippen LogP contribution < -0.4 is 9.64 Å². The highest BCUT2D eigenvalue weighted by molar-refractivity contribution is 5.68. The molecule has 2 heterocycles. The lowest BCUT2D eigenvalue weighted by Gasteiger charge is -2.41. The molecule has 1 saturated carbocycles. The molecular weight excluding hydrogens is 296 g/mol. The second kappa shape index (κ2) is 7.59. The summed E-state index contributed by atoms with van der Waals surface area (Å²) in [7, 11) is 0. The van der Waals surface area contributed by atoms with Crippen molar-refractivity contribution in [1.82, 2.24) is 15.1 Å². The lowest BCUT2D eigenvalue weighted by Crippen LogP contribution is -2.51. The first-order chi connectivity index (χ1) is 11.2. The lowest BCUT2D eigenvalue weighted by molar-refractivity contribution is -0.139. The van der Waals surface area contributed by atoms with E-state index in [4.69, 9.17) is 9.84 Å². The second-order valence-corrected chi connectivity index (χ2v) is 6.23. The number of ether oxygens (including phenoxy) is 1. The molecule has 1 N–H and O–H groups in total. The van der Waals surface area contributed by atoms with E-state index in [1.807, 2.05) is 6.07 Å². The minimum atomic E-state index is -1.02. The van der Waals surface area contributed by atoms with Gasteiger partial charge < -0.3 is 14.7 Å². The first kappa shape index (κ1) is 16.0. The Labute approximate surface area is 136 Å². The molecule has 23 heavy (non-hydrogen) atoms. The van der Waals surface area contributed by atoms with Crippen LogP contribution in [-0.2, 0) is 4.79 Å². The smallest absolute Gasteiger partial charge is 0.341 e. The third-order valence-corrected chi connectivity index (χ3v) is 4.70. The van der Waals surface area contributed by atoms with Gasteiger partial charge in [0.05, 0.1) is 0 Å². The van der Waals surface area contributed by atoms with Crippen molar-refractivity contribution in [3.8, 4) is 5.88 Å². The highest BCUT2D eigenvalue weighted by Crippen LogP contribution is 2.24. The van der Waals surface area contributed by atoms with E-state index < -0.39 is 12.6 Å². The Kier molecular flexibility index (Phi) is 5.27. The third kappa shape index (κ3) is 4.31. The molecule has 2 aliphatic rings. The van der Waals surface area contributed by atoms with Crippen LogP contribution in [0, 0.1) is 0 Å². The molecular formula is C16H24N4O3. The molecule has 1 saturated heterocycles. The average Bonchev–Trinajstić information content (AvgIpc) is 2.61. The number of hydrogen-bond donors (Lipinski definition) is 1. The summed E-state index contributed by atoms with van der Waals surface area (Å²) in [6, 6.07) is 4.29. The van der Waals surface area contributed by atoms with Crippen molar-refractivity contribution in [1.29, 1.82) is 0 Å². The number of nitrogens with zero attached hydrogens (tertiary/aromatic N) is 4. The van der Waals surface area contributed by atoms with E-state index in [1.54, 1.807) is 6.07 Å². The van der Waals surface area contributed by atoms with Crippen LogP contribution in [0.1, 0.15) is 32.1 Å². The van der Waals surface area contributed by atoms with Gasteiger partial charge in [0.1, 0.15) is 0 Å². The predicted molar refractivity (Wildman–Crippen MR) is 85.8 cm³/mol. The summed E-state index contributed by atoms with van der Waals surface area (Å²) in [5, 5.41) is 16.7. The number of aromatic nitrogens is 2. The highest BCUT2D eigenvalue weighted by atomic mass is 16.5. The van der Waals surface area contributed by atoms with Gasteiger partial charge in [0, 0.05) is 38.3 Å². The molecule has 7 nitrogen and oxygen atoms in total. The summed E-state index contributed by atoms with van der Waals surface area (Å²) in [5.74, 6) is 0.0580. The van der Waals surface area contributed by atoms with Gasteiger partial charge in [0.25, 0.3) is 0 Å². The number of carboxylic acids is 1. The van der Waals surface area contributed by atoms with Crippen LogP contribution in [0.2, 0.25) is 0 Å². The normalized spacial score (nSPS) is 20.4. The molecule has 0 unspecified atom stereocenters. The molecule has 0 atom stereocenters. The maximum absolute atomic E-state index is 10.5. The summed E-state index contributed by atoms with van der Waals surface area (Å²) in [6.07, 6.45) is 6.81. The molecule has 7 heteroatoms. The maximum atomic E-state index is 10.5. The van der Waals surface area contributed by atoms with Gasteiger partial charge in [0.2, 0.25) is 5.88 Å². The number of carbonyl (C=O) groups is 1. The summed E-state index contributed by atoms with van der Waals surface area (Å²) < 4.78 is 5.01. The molecule has 2 fully saturated rings. The van der Waals surface area contributed by atoms with Gasteiger partial charge in [-0.1, -0.05) is 19.3 Å². The highest BCUT2D eigenvalue weighted by Gasteiger charge is 2.25. The van der Waals surface area contributed by atoms with Crippen LogP contribution in [0.3, 0.4) is 0 Å². The van der Waals surface area contributed by atoms with Gasteiger partial charge in [0.15, 0.2) is 12.4 Å². The quantitative estimate of drug-likeness (QED) is 0.878. The van der Waals surface area contributed by atoms with Crippen molar-refractivity contribution in [2.45, 2.75) is 38.1 Å². The fourth-order valence-electron chi connectivity index (χ4n) is 3.46. The van der Waals surface area contributed by atoms with E-state index in [9.17, 15) is 4.79 Å². The van der Waals surface area contributed by atoms with E-state index >= 15 is 0 Å². The van der Waals surface area contributed by atoms with Gasteiger partial charge >= 0.3 is 5.97 Å². The van der Waals surface area contributed by atoms with Gasteiger partial charge in [-0.05, 0) is 18.9 Å². The van der Waals surface area contributed by atoms with Crippen LogP contribution >= 0.6 is 0 Å². The fourth-order valence-corrected chi connectivity index (χ4v) is 3.46. The zero-order chi connectivity index (χ0) is 16.1. The molecule has 1 aliphatic heterocycles. The Morgan fingerprint density at radius 2 is 1.87 bits per heavy atom. The number of hydrogen-bond acceptors (Lipinski definition) is 6. The number of rotatable bonds is 5.